The summed E-state index contributed by atoms with van der Waals surface area (Å²) in [6, 6.07) is 13.7. The van der Waals surface area contributed by atoms with Gasteiger partial charge in [0, 0.05) is 17.9 Å². The molecule has 4 heteroatoms. The summed E-state index contributed by atoms with van der Waals surface area (Å²) in [5.41, 5.74) is 3.81. The van der Waals surface area contributed by atoms with E-state index >= 15 is 0 Å². The van der Waals surface area contributed by atoms with Crippen molar-refractivity contribution < 1.29 is 14.3 Å². The minimum atomic E-state index is -0.0450. The third-order valence-corrected chi connectivity index (χ3v) is 5.56. The van der Waals surface area contributed by atoms with Gasteiger partial charge in [0.25, 0.3) is 0 Å². The monoisotopic (exact) mass is 375 g/mol. The van der Waals surface area contributed by atoms with E-state index in [1.807, 2.05) is 36.4 Å². The third kappa shape index (κ3) is 3.86. The summed E-state index contributed by atoms with van der Waals surface area (Å²) in [6.07, 6.45) is 7.68. The lowest BCUT2D eigenvalue weighted by Crippen LogP contribution is -2.38. The number of carbonyl (C=O) groups excluding carboxylic acids is 2. The fraction of sp³-hybridized carbons (Fsp3) is 0.333. The lowest BCUT2D eigenvalue weighted by atomic mass is 9.93. The van der Waals surface area contributed by atoms with E-state index in [4.69, 9.17) is 4.74 Å². The maximum absolute atomic E-state index is 12.3. The van der Waals surface area contributed by atoms with Crippen LogP contribution in [0.25, 0.3) is 11.1 Å². The van der Waals surface area contributed by atoms with Crippen molar-refractivity contribution in [3.8, 4) is 16.9 Å². The number of Topliss-reactive ketones (excluding diaryl/α,β-unsaturated/α-hetero) is 1. The number of carbonyl (C=O) groups is 2. The van der Waals surface area contributed by atoms with E-state index in [1.165, 1.54) is 0 Å². The number of ketones is 1. The first-order valence-corrected chi connectivity index (χ1v) is 9.94. The van der Waals surface area contributed by atoms with Crippen LogP contribution in [0.1, 0.15) is 42.1 Å². The number of nitrogens with one attached hydrogen (secondary N) is 1. The Labute approximate surface area is 165 Å². The largest absolute Gasteiger partial charge is 0.488 e. The highest BCUT2D eigenvalue weighted by molar-refractivity contribution is 6.00. The zero-order valence-electron chi connectivity index (χ0n) is 16.1. The van der Waals surface area contributed by atoms with Gasteiger partial charge >= 0.3 is 0 Å². The summed E-state index contributed by atoms with van der Waals surface area (Å²) in [7, 11) is 0. The van der Waals surface area contributed by atoms with Crippen LogP contribution in [0.3, 0.4) is 0 Å². The minimum Gasteiger partial charge on any atom is -0.488 e. The van der Waals surface area contributed by atoms with Gasteiger partial charge in [0.05, 0.1) is 6.54 Å². The van der Waals surface area contributed by atoms with Gasteiger partial charge in [0.1, 0.15) is 11.9 Å². The van der Waals surface area contributed by atoms with E-state index in [0.717, 1.165) is 53.7 Å². The quantitative estimate of drug-likeness (QED) is 0.625. The molecule has 2 aromatic carbocycles. The number of benzene rings is 2. The van der Waals surface area contributed by atoms with Crippen molar-refractivity contribution in [3.05, 3.63) is 65.7 Å². The molecule has 4 nitrogen and oxygen atoms in total. The van der Waals surface area contributed by atoms with Gasteiger partial charge in [-0.15, -0.1) is 0 Å². The molecule has 144 valence electrons. The van der Waals surface area contributed by atoms with E-state index in [2.05, 4.69) is 23.5 Å². The molecule has 1 heterocycles. The van der Waals surface area contributed by atoms with E-state index in [-0.39, 0.29) is 23.7 Å². The Kier molecular flexibility index (Phi) is 5.29. The van der Waals surface area contributed by atoms with Crippen LogP contribution in [0.5, 0.6) is 5.75 Å². The van der Waals surface area contributed by atoms with E-state index < -0.39 is 0 Å². The molecule has 1 aliphatic heterocycles. The van der Waals surface area contributed by atoms with Crippen molar-refractivity contribution in [2.45, 2.75) is 38.7 Å². The maximum atomic E-state index is 12.3. The van der Waals surface area contributed by atoms with Crippen LogP contribution >= 0.6 is 0 Å². The Morgan fingerprint density at radius 1 is 1.14 bits per heavy atom. The zero-order valence-corrected chi connectivity index (χ0v) is 16.1. The number of hydrogen-bond acceptors (Lipinski definition) is 3. The molecule has 2 aliphatic rings. The lowest BCUT2D eigenvalue weighted by Gasteiger charge is -2.19. The molecular formula is C24H25NO3. The molecular weight excluding hydrogens is 350 g/mol. The second-order valence-electron chi connectivity index (χ2n) is 7.59. The summed E-state index contributed by atoms with van der Waals surface area (Å²) in [4.78, 5) is 24.3. The van der Waals surface area contributed by atoms with Crippen molar-refractivity contribution in [1.29, 1.82) is 0 Å². The number of amides is 1. The molecule has 2 atom stereocenters. The van der Waals surface area contributed by atoms with Crippen LogP contribution in [0.2, 0.25) is 0 Å². The highest BCUT2D eigenvalue weighted by atomic mass is 16.5. The minimum absolute atomic E-state index is 0.0450. The van der Waals surface area contributed by atoms with Crippen molar-refractivity contribution in [2.75, 3.05) is 6.54 Å². The molecule has 0 saturated heterocycles. The lowest BCUT2D eigenvalue weighted by molar-refractivity contribution is -0.125. The van der Waals surface area contributed by atoms with E-state index in [0.29, 0.717) is 6.54 Å². The summed E-state index contributed by atoms with van der Waals surface area (Å²) in [5, 5.41) is 3.06. The van der Waals surface area contributed by atoms with Crippen molar-refractivity contribution in [1.82, 2.24) is 5.32 Å². The topological polar surface area (TPSA) is 55.4 Å². The zero-order chi connectivity index (χ0) is 19.5. The number of allylic oxidation sites excluding steroid dienone is 2. The predicted molar refractivity (Wildman–Crippen MR) is 109 cm³/mol. The van der Waals surface area contributed by atoms with Crippen LogP contribution in [0.4, 0.5) is 0 Å². The van der Waals surface area contributed by atoms with Crippen LogP contribution in [0.15, 0.2) is 54.6 Å². The van der Waals surface area contributed by atoms with Gasteiger partial charge in [-0.2, -0.15) is 0 Å². The van der Waals surface area contributed by atoms with Gasteiger partial charge in [0.15, 0.2) is 5.78 Å². The highest BCUT2D eigenvalue weighted by Gasteiger charge is 2.26. The molecule has 0 fully saturated rings. The standard InChI is InChI=1S/C24H25NO3/c1-16(26)21-9-5-6-10-22(21)18-11-12-23-19(13-18)14-20(28-23)15-25-24(27)17-7-3-2-4-8-17/h2-3,5-6,9-13,17,20H,4,7-8,14-15H2,1H3,(H,25,27)/t17-,20-/m0/s1. The Morgan fingerprint density at radius 2 is 2.00 bits per heavy atom. The van der Waals surface area contributed by atoms with E-state index in [1.54, 1.807) is 6.92 Å². The van der Waals surface area contributed by atoms with Crippen molar-refractivity contribution >= 4 is 11.7 Å². The molecule has 0 radical (unpaired) electrons. The molecule has 0 aromatic heterocycles. The van der Waals surface area contributed by atoms with Crippen LogP contribution in [-0.4, -0.2) is 24.3 Å². The molecule has 0 saturated carbocycles. The SMILES string of the molecule is CC(=O)c1ccccc1-c1ccc2c(c1)C[C@@H](CNC(=O)[C@H]1CC=CCC1)O2. The summed E-state index contributed by atoms with van der Waals surface area (Å²) in [5.74, 6) is 1.14. The van der Waals surface area contributed by atoms with Gasteiger partial charge in [-0.1, -0.05) is 42.5 Å². The number of hydrogen-bond donors (Lipinski definition) is 1. The number of rotatable bonds is 5. The summed E-state index contributed by atoms with van der Waals surface area (Å²) in [6.45, 7) is 2.11. The molecule has 2 aromatic rings. The fourth-order valence-corrected chi connectivity index (χ4v) is 4.03. The molecule has 1 aliphatic carbocycles. The third-order valence-electron chi connectivity index (χ3n) is 5.56. The van der Waals surface area contributed by atoms with E-state index in [9.17, 15) is 9.59 Å². The molecule has 0 spiro atoms. The second-order valence-corrected chi connectivity index (χ2v) is 7.59. The Hall–Kier alpha value is -2.88. The molecule has 1 amide bonds. The van der Waals surface area contributed by atoms with Gasteiger partial charge in [-0.25, -0.2) is 0 Å². The van der Waals surface area contributed by atoms with Gasteiger partial charge in [-0.3, -0.25) is 9.59 Å². The first-order valence-electron chi connectivity index (χ1n) is 9.94. The summed E-state index contributed by atoms with van der Waals surface area (Å²) < 4.78 is 6.02. The van der Waals surface area contributed by atoms with Crippen LogP contribution < -0.4 is 10.1 Å². The fourth-order valence-electron chi connectivity index (χ4n) is 4.03. The molecule has 0 unspecified atom stereocenters. The highest BCUT2D eigenvalue weighted by Crippen LogP contribution is 2.34. The molecule has 4 rings (SSSR count). The van der Waals surface area contributed by atoms with Crippen LogP contribution in [0, 0.1) is 5.92 Å². The van der Waals surface area contributed by atoms with Gasteiger partial charge in [0.2, 0.25) is 5.91 Å². The summed E-state index contributed by atoms with van der Waals surface area (Å²) >= 11 is 0. The maximum Gasteiger partial charge on any atom is 0.223 e. The number of fused-ring (bicyclic) bond motifs is 1. The Bertz CT molecular complexity index is 931. The Balaban J connectivity index is 1.43. The average molecular weight is 375 g/mol. The van der Waals surface area contributed by atoms with Gasteiger partial charge < -0.3 is 10.1 Å². The van der Waals surface area contributed by atoms with Crippen LogP contribution in [-0.2, 0) is 11.2 Å². The molecule has 28 heavy (non-hydrogen) atoms. The molecule has 0 bridgehead atoms. The first-order chi connectivity index (χ1) is 13.6. The smallest absolute Gasteiger partial charge is 0.223 e. The molecule has 1 N–H and O–H groups in total. The predicted octanol–water partition coefficient (Wildman–Crippen LogP) is 4.33. The number of ether oxygens (including phenoxy) is 1. The average Bonchev–Trinajstić information content (AvgIpc) is 3.14. The van der Waals surface area contributed by atoms with Gasteiger partial charge in [-0.05, 0) is 55.0 Å². The first kappa shape index (κ1) is 18.5. The normalized spacial score (nSPS) is 20.3. The Morgan fingerprint density at radius 3 is 2.79 bits per heavy atom. The second kappa shape index (κ2) is 8.01. The van der Waals surface area contributed by atoms with Crippen molar-refractivity contribution in [3.63, 3.8) is 0 Å². The van der Waals surface area contributed by atoms with Crippen molar-refractivity contribution in [2.24, 2.45) is 5.92 Å².